The van der Waals surface area contributed by atoms with E-state index in [0.717, 1.165) is 4.47 Å². The van der Waals surface area contributed by atoms with Gasteiger partial charge in [0.1, 0.15) is 17.5 Å². The van der Waals surface area contributed by atoms with Crippen molar-refractivity contribution < 1.29 is 19.1 Å². The Morgan fingerprint density at radius 1 is 1.11 bits per heavy atom. The summed E-state index contributed by atoms with van der Waals surface area (Å²) in [5.41, 5.74) is 5.43. The van der Waals surface area contributed by atoms with Crippen LogP contribution in [0.1, 0.15) is 34.7 Å². The van der Waals surface area contributed by atoms with Crippen LogP contribution in [0.15, 0.2) is 41.0 Å². The van der Waals surface area contributed by atoms with Crippen LogP contribution in [0, 0.1) is 5.92 Å². The van der Waals surface area contributed by atoms with Crippen molar-refractivity contribution in [2.24, 2.45) is 13.0 Å². The summed E-state index contributed by atoms with van der Waals surface area (Å²) in [6.45, 7) is 3.59. The van der Waals surface area contributed by atoms with Crippen LogP contribution in [0.2, 0.25) is 0 Å². The summed E-state index contributed by atoms with van der Waals surface area (Å²) in [5.74, 6) is -1.24. The van der Waals surface area contributed by atoms with Crippen LogP contribution in [-0.2, 0) is 11.8 Å². The van der Waals surface area contributed by atoms with Crippen LogP contribution >= 0.6 is 15.9 Å². The fourth-order valence-corrected chi connectivity index (χ4v) is 3.12. The third-order valence-electron chi connectivity index (χ3n) is 4.09. The van der Waals surface area contributed by atoms with Gasteiger partial charge in [-0.25, -0.2) is 0 Å². The number of amides is 3. The maximum Gasteiger partial charge on any atom is 0.286 e. The Balaban J connectivity index is 2.04. The van der Waals surface area contributed by atoms with Gasteiger partial charge in [0, 0.05) is 17.7 Å². The van der Waals surface area contributed by atoms with Gasteiger partial charge >= 0.3 is 0 Å². The highest BCUT2D eigenvalue weighted by atomic mass is 79.9. The summed E-state index contributed by atoms with van der Waals surface area (Å²) in [5, 5.41) is 2.69. The van der Waals surface area contributed by atoms with Gasteiger partial charge in [0.25, 0.3) is 17.7 Å². The topological polar surface area (TPSA) is 101 Å². The molecule has 150 valence electrons. The molecule has 0 fully saturated rings. The minimum atomic E-state index is -0.849. The van der Waals surface area contributed by atoms with E-state index in [-0.39, 0.29) is 5.92 Å². The number of halogens is 1. The number of carbonyl (C=O) groups is 3. The predicted octanol–water partition coefficient (Wildman–Crippen LogP) is 2.01. The molecule has 2 aromatic rings. The largest absolute Gasteiger partial charge is 0.496 e. The summed E-state index contributed by atoms with van der Waals surface area (Å²) in [6.07, 6.45) is 1.72. The zero-order chi connectivity index (χ0) is 20.8. The van der Waals surface area contributed by atoms with Crippen molar-refractivity contribution in [3.63, 3.8) is 0 Å². The number of aromatic nitrogens is 1. The van der Waals surface area contributed by atoms with Crippen LogP contribution < -0.4 is 20.9 Å². The Labute approximate surface area is 171 Å². The Hall–Kier alpha value is -2.81. The molecule has 0 unspecified atom stereocenters. The number of benzene rings is 1. The monoisotopic (exact) mass is 450 g/mol. The molecule has 0 radical (unpaired) electrons. The van der Waals surface area contributed by atoms with Gasteiger partial charge in [0.2, 0.25) is 0 Å². The summed E-state index contributed by atoms with van der Waals surface area (Å²) >= 11 is 3.29. The van der Waals surface area contributed by atoms with Crippen molar-refractivity contribution in [3.8, 4) is 5.75 Å². The van der Waals surface area contributed by atoms with Crippen LogP contribution in [-0.4, -0.2) is 35.4 Å². The van der Waals surface area contributed by atoms with E-state index < -0.39 is 23.8 Å². The molecule has 0 saturated heterocycles. The van der Waals surface area contributed by atoms with Gasteiger partial charge in [-0.1, -0.05) is 26.0 Å². The summed E-state index contributed by atoms with van der Waals surface area (Å²) in [4.78, 5) is 37.4. The molecule has 1 atom stereocenters. The molecule has 0 aliphatic carbocycles. The van der Waals surface area contributed by atoms with Gasteiger partial charge in [-0.05, 0) is 40.0 Å². The number of hydrogen-bond acceptors (Lipinski definition) is 4. The lowest BCUT2D eigenvalue weighted by Crippen LogP contribution is -2.54. The minimum Gasteiger partial charge on any atom is -0.496 e. The number of methoxy groups -OCH3 is 1. The maximum absolute atomic E-state index is 12.6. The molecule has 3 amide bonds. The predicted molar refractivity (Wildman–Crippen MR) is 108 cm³/mol. The number of hydrogen-bond donors (Lipinski definition) is 3. The van der Waals surface area contributed by atoms with E-state index in [0.29, 0.717) is 17.0 Å². The second-order valence-electron chi connectivity index (χ2n) is 6.49. The minimum absolute atomic E-state index is 0.209. The average molecular weight is 451 g/mol. The fourth-order valence-electron chi connectivity index (χ4n) is 2.60. The van der Waals surface area contributed by atoms with Crippen LogP contribution in [0.25, 0.3) is 0 Å². The van der Waals surface area contributed by atoms with Crippen LogP contribution in [0.3, 0.4) is 0 Å². The third-order valence-corrected chi connectivity index (χ3v) is 4.52. The molecule has 0 aliphatic heterocycles. The molecular formula is C19H23BrN4O4. The molecule has 8 nitrogen and oxygen atoms in total. The molecule has 2 rings (SSSR count). The number of nitrogens with zero attached hydrogens (tertiary/aromatic N) is 1. The number of aryl methyl sites for hydroxylation is 1. The highest BCUT2D eigenvalue weighted by Crippen LogP contribution is 2.17. The molecular weight excluding hydrogens is 428 g/mol. The Bertz CT molecular complexity index is 879. The number of nitrogens with one attached hydrogen (secondary N) is 3. The normalized spacial score (nSPS) is 11.6. The van der Waals surface area contributed by atoms with Gasteiger partial charge in [-0.3, -0.25) is 25.2 Å². The number of para-hydroxylation sites is 1. The first-order valence-corrected chi connectivity index (χ1v) is 9.39. The molecule has 28 heavy (non-hydrogen) atoms. The van der Waals surface area contributed by atoms with E-state index >= 15 is 0 Å². The molecule has 9 heteroatoms. The van der Waals surface area contributed by atoms with Gasteiger partial charge in [0.05, 0.1) is 12.7 Å². The quantitative estimate of drug-likeness (QED) is 0.585. The molecule has 1 aromatic carbocycles. The van der Waals surface area contributed by atoms with Crippen LogP contribution in [0.5, 0.6) is 5.75 Å². The van der Waals surface area contributed by atoms with E-state index in [2.05, 4.69) is 32.1 Å². The summed E-state index contributed by atoms with van der Waals surface area (Å²) in [7, 11) is 3.18. The second kappa shape index (κ2) is 9.41. The maximum atomic E-state index is 12.6. The van der Waals surface area contributed by atoms with Gasteiger partial charge in [-0.2, -0.15) is 0 Å². The zero-order valence-corrected chi connectivity index (χ0v) is 17.7. The first-order chi connectivity index (χ1) is 13.2. The highest BCUT2D eigenvalue weighted by molar-refractivity contribution is 9.10. The van der Waals surface area contributed by atoms with Gasteiger partial charge in [0.15, 0.2) is 0 Å². The van der Waals surface area contributed by atoms with E-state index in [4.69, 9.17) is 4.74 Å². The molecule has 0 saturated carbocycles. The van der Waals surface area contributed by atoms with Gasteiger partial charge < -0.3 is 14.6 Å². The van der Waals surface area contributed by atoms with Crippen molar-refractivity contribution >= 4 is 33.7 Å². The van der Waals surface area contributed by atoms with Crippen molar-refractivity contribution in [1.82, 2.24) is 20.7 Å². The highest BCUT2D eigenvalue weighted by Gasteiger charge is 2.26. The third kappa shape index (κ3) is 5.13. The molecule has 1 heterocycles. The van der Waals surface area contributed by atoms with Gasteiger partial charge in [-0.15, -0.1) is 0 Å². The molecule has 0 spiro atoms. The Morgan fingerprint density at radius 2 is 1.79 bits per heavy atom. The number of rotatable bonds is 6. The van der Waals surface area contributed by atoms with Crippen molar-refractivity contribution in [2.45, 2.75) is 19.9 Å². The Morgan fingerprint density at radius 3 is 2.36 bits per heavy atom. The molecule has 0 bridgehead atoms. The van der Waals surface area contributed by atoms with Crippen molar-refractivity contribution in [1.29, 1.82) is 0 Å². The molecule has 1 aromatic heterocycles. The molecule has 0 aliphatic rings. The zero-order valence-electron chi connectivity index (χ0n) is 16.1. The van der Waals surface area contributed by atoms with E-state index in [1.165, 1.54) is 7.11 Å². The first kappa shape index (κ1) is 21.5. The second-order valence-corrected chi connectivity index (χ2v) is 7.41. The van der Waals surface area contributed by atoms with E-state index in [1.54, 1.807) is 62.0 Å². The number of hydrazine groups is 1. The smallest absolute Gasteiger partial charge is 0.286 e. The number of ether oxygens (including phenoxy) is 1. The summed E-state index contributed by atoms with van der Waals surface area (Å²) in [6, 6.07) is 7.51. The standard InChI is InChI=1S/C19H23BrN4O4/c1-11(2)16(21-17(25)13-7-5-6-8-15(13)28-4)19(27)23-22-18(26)14-9-12(20)10-24(14)3/h5-11,16H,1-4H3,(H,21,25)(H,22,26)(H,23,27)/t16-/m0/s1. The lowest BCUT2D eigenvalue weighted by molar-refractivity contribution is -0.124. The fraction of sp³-hybridized carbons (Fsp3) is 0.316. The Kier molecular flexibility index (Phi) is 7.22. The van der Waals surface area contributed by atoms with Crippen LogP contribution in [0.4, 0.5) is 0 Å². The van der Waals surface area contributed by atoms with E-state index in [9.17, 15) is 14.4 Å². The van der Waals surface area contributed by atoms with E-state index in [1.807, 2.05) is 0 Å². The number of carbonyl (C=O) groups excluding carboxylic acids is 3. The van der Waals surface area contributed by atoms with Crippen molar-refractivity contribution in [3.05, 3.63) is 52.3 Å². The SMILES string of the molecule is COc1ccccc1C(=O)N[C@H](C(=O)NNC(=O)c1cc(Br)cn1C)C(C)C. The average Bonchev–Trinajstić information content (AvgIpc) is 3.01. The molecule has 3 N–H and O–H groups in total. The summed E-state index contributed by atoms with van der Waals surface area (Å²) < 4.78 is 7.55. The lowest BCUT2D eigenvalue weighted by atomic mass is 10.0. The first-order valence-electron chi connectivity index (χ1n) is 8.60. The lowest BCUT2D eigenvalue weighted by Gasteiger charge is -2.22. The van der Waals surface area contributed by atoms with Crippen molar-refractivity contribution in [2.75, 3.05) is 7.11 Å².